The summed E-state index contributed by atoms with van der Waals surface area (Å²) in [5.74, 6) is 0.0121. The van der Waals surface area contributed by atoms with Crippen molar-refractivity contribution in [2.24, 2.45) is 5.92 Å². The van der Waals surface area contributed by atoms with Crippen molar-refractivity contribution in [3.8, 4) is 0 Å². The summed E-state index contributed by atoms with van der Waals surface area (Å²) in [5, 5.41) is 10.2. The van der Waals surface area contributed by atoms with Crippen LogP contribution in [0.3, 0.4) is 0 Å². The number of hydrogen-bond acceptors (Lipinski definition) is 3. The van der Waals surface area contributed by atoms with E-state index in [1.54, 1.807) is 6.33 Å². The van der Waals surface area contributed by atoms with Crippen molar-refractivity contribution in [2.45, 2.75) is 31.9 Å². The quantitative estimate of drug-likeness (QED) is 0.895. The predicted molar refractivity (Wildman–Crippen MR) is 68.1 cm³/mol. The first kappa shape index (κ1) is 11.4. The standard InChI is InChI=1S/C14H16N2O2/c17-13-7-3-4-10(13)14(18)8-16-9-15-11-5-1-2-6-12(11)16/h1-2,5-6,9-10,14,18H,3-4,7-8H2/t10-,14+/m1/s1. The Balaban J connectivity index is 1.81. The van der Waals surface area contributed by atoms with Crippen molar-refractivity contribution in [1.82, 2.24) is 9.55 Å². The number of benzene rings is 1. The summed E-state index contributed by atoms with van der Waals surface area (Å²) in [7, 11) is 0. The van der Waals surface area contributed by atoms with E-state index in [0.29, 0.717) is 13.0 Å². The number of carbonyl (C=O) groups is 1. The molecule has 0 aliphatic heterocycles. The highest BCUT2D eigenvalue weighted by Crippen LogP contribution is 2.26. The first-order valence-corrected chi connectivity index (χ1v) is 6.36. The van der Waals surface area contributed by atoms with Gasteiger partial charge in [-0.2, -0.15) is 0 Å². The molecular formula is C14H16N2O2. The summed E-state index contributed by atoms with van der Waals surface area (Å²) < 4.78 is 1.92. The minimum atomic E-state index is -0.599. The SMILES string of the molecule is O=C1CCC[C@H]1[C@@H](O)Cn1cnc2ccccc21. The molecule has 1 aromatic carbocycles. The molecule has 0 amide bonds. The Morgan fingerprint density at radius 3 is 3.06 bits per heavy atom. The molecule has 3 rings (SSSR count). The van der Waals surface area contributed by atoms with Crippen molar-refractivity contribution < 1.29 is 9.90 Å². The number of imidazole rings is 1. The molecule has 0 spiro atoms. The highest BCUT2D eigenvalue weighted by Gasteiger charge is 2.31. The Labute approximate surface area is 105 Å². The number of fused-ring (bicyclic) bond motifs is 1. The Kier molecular flexibility index (Phi) is 2.88. The van der Waals surface area contributed by atoms with Gasteiger partial charge in [0.15, 0.2) is 0 Å². The number of carbonyl (C=O) groups excluding carboxylic acids is 1. The zero-order valence-electron chi connectivity index (χ0n) is 10.1. The first-order chi connectivity index (χ1) is 8.75. The molecule has 1 N–H and O–H groups in total. The average Bonchev–Trinajstić information content (AvgIpc) is 2.97. The maximum Gasteiger partial charge on any atom is 0.138 e. The number of aliphatic hydroxyl groups excluding tert-OH is 1. The fourth-order valence-corrected chi connectivity index (χ4v) is 2.73. The fourth-order valence-electron chi connectivity index (χ4n) is 2.73. The van der Waals surface area contributed by atoms with Gasteiger partial charge in [-0.05, 0) is 25.0 Å². The third-order valence-electron chi connectivity index (χ3n) is 3.73. The number of aromatic nitrogens is 2. The molecular weight excluding hydrogens is 228 g/mol. The highest BCUT2D eigenvalue weighted by molar-refractivity contribution is 5.83. The third kappa shape index (κ3) is 1.93. The van der Waals surface area contributed by atoms with Crippen molar-refractivity contribution >= 4 is 16.8 Å². The Morgan fingerprint density at radius 1 is 1.44 bits per heavy atom. The Morgan fingerprint density at radius 2 is 2.28 bits per heavy atom. The van der Waals surface area contributed by atoms with Gasteiger partial charge in [0.1, 0.15) is 5.78 Å². The summed E-state index contributed by atoms with van der Waals surface area (Å²) >= 11 is 0. The monoisotopic (exact) mass is 244 g/mol. The van der Waals surface area contributed by atoms with Crippen LogP contribution in [0.4, 0.5) is 0 Å². The van der Waals surface area contributed by atoms with E-state index in [1.807, 2.05) is 28.8 Å². The Bertz CT molecular complexity index is 576. The summed E-state index contributed by atoms with van der Waals surface area (Å²) in [5.41, 5.74) is 1.92. The lowest BCUT2D eigenvalue weighted by molar-refractivity contribution is -0.123. The predicted octanol–water partition coefficient (Wildman–Crippen LogP) is 1.77. The molecule has 1 fully saturated rings. The number of hydrogen-bond donors (Lipinski definition) is 1. The first-order valence-electron chi connectivity index (χ1n) is 6.36. The number of rotatable bonds is 3. The van der Waals surface area contributed by atoms with Crippen LogP contribution in [0, 0.1) is 5.92 Å². The van der Waals surface area contributed by atoms with E-state index < -0.39 is 6.10 Å². The highest BCUT2D eigenvalue weighted by atomic mass is 16.3. The smallest absolute Gasteiger partial charge is 0.138 e. The van der Waals surface area contributed by atoms with E-state index >= 15 is 0 Å². The van der Waals surface area contributed by atoms with E-state index in [0.717, 1.165) is 23.9 Å². The van der Waals surface area contributed by atoms with Crippen LogP contribution in [-0.2, 0) is 11.3 Å². The van der Waals surface area contributed by atoms with Crippen LogP contribution in [0.5, 0.6) is 0 Å². The third-order valence-corrected chi connectivity index (χ3v) is 3.73. The van der Waals surface area contributed by atoms with Crippen molar-refractivity contribution in [3.05, 3.63) is 30.6 Å². The fraction of sp³-hybridized carbons (Fsp3) is 0.429. The lowest BCUT2D eigenvalue weighted by Crippen LogP contribution is -2.28. The molecule has 4 heteroatoms. The molecule has 0 bridgehead atoms. The van der Waals surface area contributed by atoms with Crippen molar-refractivity contribution in [3.63, 3.8) is 0 Å². The maximum atomic E-state index is 11.6. The van der Waals surface area contributed by atoms with E-state index in [-0.39, 0.29) is 11.7 Å². The van der Waals surface area contributed by atoms with Crippen LogP contribution in [0.15, 0.2) is 30.6 Å². The number of para-hydroxylation sites is 2. The van der Waals surface area contributed by atoms with Crippen LogP contribution < -0.4 is 0 Å². The van der Waals surface area contributed by atoms with Gasteiger partial charge in [0, 0.05) is 12.3 Å². The lowest BCUT2D eigenvalue weighted by atomic mass is 10.00. The molecule has 2 atom stereocenters. The minimum absolute atomic E-state index is 0.189. The molecule has 0 radical (unpaired) electrons. The van der Waals surface area contributed by atoms with Crippen LogP contribution in [0.2, 0.25) is 0 Å². The zero-order chi connectivity index (χ0) is 12.5. The number of ketones is 1. The van der Waals surface area contributed by atoms with Crippen molar-refractivity contribution in [1.29, 1.82) is 0 Å². The van der Waals surface area contributed by atoms with Gasteiger partial charge in [0.2, 0.25) is 0 Å². The molecule has 2 aromatic rings. The molecule has 0 saturated heterocycles. The molecule has 0 unspecified atom stereocenters. The van der Waals surface area contributed by atoms with E-state index in [9.17, 15) is 9.90 Å². The summed E-state index contributed by atoms with van der Waals surface area (Å²) in [6.07, 6.45) is 3.47. The normalized spacial score (nSPS) is 21.6. The second-order valence-electron chi connectivity index (χ2n) is 4.92. The van der Waals surface area contributed by atoms with E-state index in [4.69, 9.17) is 0 Å². The lowest BCUT2D eigenvalue weighted by Gasteiger charge is -2.17. The van der Waals surface area contributed by atoms with Crippen LogP contribution in [-0.4, -0.2) is 26.5 Å². The van der Waals surface area contributed by atoms with Gasteiger partial charge in [0.25, 0.3) is 0 Å². The van der Waals surface area contributed by atoms with Gasteiger partial charge in [-0.15, -0.1) is 0 Å². The second kappa shape index (κ2) is 4.53. The molecule has 94 valence electrons. The van der Waals surface area contributed by atoms with Crippen molar-refractivity contribution in [2.75, 3.05) is 0 Å². The Hall–Kier alpha value is -1.68. The van der Waals surface area contributed by atoms with E-state index in [2.05, 4.69) is 4.98 Å². The number of Topliss-reactive ketones (excluding diaryl/α,β-unsaturated/α-hetero) is 1. The molecule has 1 heterocycles. The summed E-state index contributed by atoms with van der Waals surface area (Å²) in [4.78, 5) is 15.9. The van der Waals surface area contributed by atoms with Gasteiger partial charge in [0.05, 0.1) is 30.0 Å². The average molecular weight is 244 g/mol. The second-order valence-corrected chi connectivity index (χ2v) is 4.92. The topological polar surface area (TPSA) is 55.1 Å². The summed E-state index contributed by atoms with van der Waals surface area (Å²) in [6.45, 7) is 0.441. The molecule has 18 heavy (non-hydrogen) atoms. The number of aliphatic hydroxyl groups is 1. The molecule has 1 aliphatic rings. The van der Waals surface area contributed by atoms with Crippen LogP contribution >= 0.6 is 0 Å². The van der Waals surface area contributed by atoms with E-state index in [1.165, 1.54) is 0 Å². The van der Waals surface area contributed by atoms with Gasteiger partial charge in [-0.25, -0.2) is 4.98 Å². The maximum absolute atomic E-state index is 11.6. The molecule has 1 saturated carbocycles. The molecule has 1 aromatic heterocycles. The molecule has 1 aliphatic carbocycles. The van der Waals surface area contributed by atoms with Crippen LogP contribution in [0.25, 0.3) is 11.0 Å². The zero-order valence-corrected chi connectivity index (χ0v) is 10.1. The van der Waals surface area contributed by atoms with Gasteiger partial charge in [-0.1, -0.05) is 12.1 Å². The largest absolute Gasteiger partial charge is 0.391 e. The summed E-state index contributed by atoms with van der Waals surface area (Å²) in [6, 6.07) is 7.81. The van der Waals surface area contributed by atoms with Gasteiger partial charge < -0.3 is 9.67 Å². The van der Waals surface area contributed by atoms with Gasteiger partial charge >= 0.3 is 0 Å². The number of nitrogens with zero attached hydrogens (tertiary/aromatic N) is 2. The van der Waals surface area contributed by atoms with Crippen LogP contribution in [0.1, 0.15) is 19.3 Å². The van der Waals surface area contributed by atoms with Gasteiger partial charge in [-0.3, -0.25) is 4.79 Å². The minimum Gasteiger partial charge on any atom is -0.391 e. The molecule has 4 nitrogen and oxygen atoms in total.